The van der Waals surface area contributed by atoms with E-state index in [-0.39, 0.29) is 12.6 Å². The van der Waals surface area contributed by atoms with Crippen LogP contribution in [0.1, 0.15) is 30.2 Å². The molecule has 0 saturated heterocycles. The Bertz CT molecular complexity index is 257. The predicted molar refractivity (Wildman–Crippen MR) is 46.7 cm³/mol. The lowest BCUT2D eigenvalue weighted by molar-refractivity contribution is 0.264. The van der Waals surface area contributed by atoms with Crippen molar-refractivity contribution in [2.24, 2.45) is 5.73 Å². The van der Waals surface area contributed by atoms with Crippen LogP contribution in [0.2, 0.25) is 0 Å². The first-order valence-electron chi connectivity index (χ1n) is 4.10. The van der Waals surface area contributed by atoms with E-state index in [0.29, 0.717) is 5.82 Å². The van der Waals surface area contributed by atoms with Crippen molar-refractivity contribution in [3.63, 3.8) is 0 Å². The minimum atomic E-state index is -0.385. The molecule has 1 atom stereocenters. The van der Waals surface area contributed by atoms with Gasteiger partial charge in [0.05, 0.1) is 18.3 Å². The SMILES string of the molecule is CCc1nc(C(N)CO)[nH]c1C. The molecule has 0 aromatic carbocycles. The molecule has 0 aliphatic carbocycles. The number of aliphatic hydroxyl groups is 1. The molecule has 1 rings (SSSR count). The van der Waals surface area contributed by atoms with Crippen LogP contribution in [0.25, 0.3) is 0 Å². The van der Waals surface area contributed by atoms with Gasteiger partial charge in [-0.3, -0.25) is 0 Å². The lowest BCUT2D eigenvalue weighted by Gasteiger charge is -2.01. The summed E-state index contributed by atoms with van der Waals surface area (Å²) in [4.78, 5) is 7.31. The molecule has 12 heavy (non-hydrogen) atoms. The Balaban J connectivity index is 2.88. The smallest absolute Gasteiger partial charge is 0.125 e. The first-order chi connectivity index (χ1) is 5.69. The largest absolute Gasteiger partial charge is 0.394 e. The summed E-state index contributed by atoms with van der Waals surface area (Å²) in [7, 11) is 0. The minimum Gasteiger partial charge on any atom is -0.394 e. The standard InChI is InChI=1S/C8H15N3O/c1-3-7-5(2)10-8(11-7)6(9)4-12/h6,12H,3-4,9H2,1-2H3,(H,10,11). The lowest BCUT2D eigenvalue weighted by Crippen LogP contribution is -2.16. The molecule has 0 aliphatic rings. The van der Waals surface area contributed by atoms with Gasteiger partial charge in [-0.05, 0) is 13.3 Å². The minimum absolute atomic E-state index is 0.0733. The molecule has 1 aromatic heterocycles. The van der Waals surface area contributed by atoms with Crippen LogP contribution in [0.5, 0.6) is 0 Å². The maximum absolute atomic E-state index is 8.78. The molecule has 4 heteroatoms. The van der Waals surface area contributed by atoms with Crippen LogP contribution in [0.15, 0.2) is 0 Å². The van der Waals surface area contributed by atoms with E-state index in [2.05, 4.69) is 9.97 Å². The number of aliphatic hydroxyl groups excluding tert-OH is 1. The monoisotopic (exact) mass is 169 g/mol. The topological polar surface area (TPSA) is 74.9 Å². The summed E-state index contributed by atoms with van der Waals surface area (Å²) in [6.07, 6.45) is 0.889. The van der Waals surface area contributed by atoms with Crippen molar-refractivity contribution >= 4 is 0 Å². The number of aromatic nitrogens is 2. The predicted octanol–water partition coefficient (Wildman–Crippen LogP) is 0.273. The molecule has 0 bridgehead atoms. The van der Waals surface area contributed by atoms with Crippen molar-refractivity contribution in [2.75, 3.05) is 6.61 Å². The van der Waals surface area contributed by atoms with Gasteiger partial charge in [-0.15, -0.1) is 0 Å². The second kappa shape index (κ2) is 3.69. The highest BCUT2D eigenvalue weighted by Gasteiger charge is 2.10. The van der Waals surface area contributed by atoms with Crippen molar-refractivity contribution in [2.45, 2.75) is 26.3 Å². The average molecular weight is 169 g/mol. The van der Waals surface area contributed by atoms with Gasteiger partial charge >= 0.3 is 0 Å². The van der Waals surface area contributed by atoms with Gasteiger partial charge in [0.15, 0.2) is 0 Å². The third kappa shape index (κ3) is 1.65. The van der Waals surface area contributed by atoms with Gasteiger partial charge in [-0.1, -0.05) is 6.92 Å². The second-order valence-electron chi connectivity index (χ2n) is 2.84. The van der Waals surface area contributed by atoms with Crippen LogP contribution in [-0.2, 0) is 6.42 Å². The number of hydrogen-bond donors (Lipinski definition) is 3. The summed E-state index contributed by atoms with van der Waals surface area (Å²) in [5.41, 5.74) is 7.65. The zero-order valence-electron chi connectivity index (χ0n) is 7.46. The molecular formula is C8H15N3O. The quantitative estimate of drug-likeness (QED) is 0.608. The van der Waals surface area contributed by atoms with Crippen LogP contribution >= 0.6 is 0 Å². The molecule has 68 valence electrons. The third-order valence-electron chi connectivity index (χ3n) is 1.89. The normalized spacial score (nSPS) is 13.3. The summed E-state index contributed by atoms with van der Waals surface area (Å²) in [6, 6.07) is -0.385. The maximum atomic E-state index is 8.78. The zero-order chi connectivity index (χ0) is 9.14. The van der Waals surface area contributed by atoms with Crippen LogP contribution in [0.3, 0.4) is 0 Å². The number of nitrogens with one attached hydrogen (secondary N) is 1. The number of hydrogen-bond acceptors (Lipinski definition) is 3. The number of aryl methyl sites for hydroxylation is 2. The van der Waals surface area contributed by atoms with Gasteiger partial charge in [-0.2, -0.15) is 0 Å². The van der Waals surface area contributed by atoms with Gasteiger partial charge < -0.3 is 15.8 Å². The van der Waals surface area contributed by atoms with E-state index in [0.717, 1.165) is 17.8 Å². The fraction of sp³-hybridized carbons (Fsp3) is 0.625. The Labute approximate surface area is 71.8 Å². The summed E-state index contributed by atoms with van der Waals surface area (Å²) in [5, 5.41) is 8.78. The molecule has 0 amide bonds. The van der Waals surface area contributed by atoms with E-state index in [4.69, 9.17) is 10.8 Å². The maximum Gasteiger partial charge on any atom is 0.125 e. The summed E-state index contributed by atoms with van der Waals surface area (Å²) < 4.78 is 0. The number of rotatable bonds is 3. The molecule has 4 N–H and O–H groups in total. The number of nitrogens with two attached hydrogens (primary N) is 1. The fourth-order valence-corrected chi connectivity index (χ4v) is 1.13. The van der Waals surface area contributed by atoms with Crippen LogP contribution in [0, 0.1) is 6.92 Å². The molecule has 0 radical (unpaired) electrons. The summed E-state index contributed by atoms with van der Waals surface area (Å²) in [5.74, 6) is 0.673. The lowest BCUT2D eigenvalue weighted by atomic mass is 10.3. The van der Waals surface area contributed by atoms with Crippen LogP contribution in [0.4, 0.5) is 0 Å². The highest BCUT2D eigenvalue weighted by atomic mass is 16.3. The van der Waals surface area contributed by atoms with Crippen molar-refractivity contribution in [3.05, 3.63) is 17.2 Å². The first-order valence-corrected chi connectivity index (χ1v) is 4.10. The second-order valence-corrected chi connectivity index (χ2v) is 2.84. The molecular weight excluding hydrogens is 154 g/mol. The highest BCUT2D eigenvalue weighted by molar-refractivity contribution is 5.14. The van der Waals surface area contributed by atoms with Gasteiger partial charge in [0.2, 0.25) is 0 Å². The average Bonchev–Trinajstić information content (AvgIpc) is 2.45. The van der Waals surface area contributed by atoms with E-state index < -0.39 is 0 Å². The molecule has 1 unspecified atom stereocenters. The summed E-state index contributed by atoms with van der Waals surface area (Å²) >= 11 is 0. The van der Waals surface area contributed by atoms with Gasteiger partial charge in [0.1, 0.15) is 5.82 Å². The third-order valence-corrected chi connectivity index (χ3v) is 1.89. The number of aromatic amines is 1. The fourth-order valence-electron chi connectivity index (χ4n) is 1.13. The van der Waals surface area contributed by atoms with E-state index in [9.17, 15) is 0 Å². The zero-order valence-corrected chi connectivity index (χ0v) is 7.46. The first kappa shape index (κ1) is 9.22. The van der Waals surface area contributed by atoms with Crippen molar-refractivity contribution < 1.29 is 5.11 Å². The van der Waals surface area contributed by atoms with Crippen LogP contribution in [-0.4, -0.2) is 21.7 Å². The van der Waals surface area contributed by atoms with E-state index >= 15 is 0 Å². The van der Waals surface area contributed by atoms with E-state index in [1.807, 2.05) is 13.8 Å². The van der Waals surface area contributed by atoms with Crippen molar-refractivity contribution in [1.29, 1.82) is 0 Å². The van der Waals surface area contributed by atoms with E-state index in [1.54, 1.807) is 0 Å². The van der Waals surface area contributed by atoms with Gasteiger partial charge in [0, 0.05) is 5.69 Å². The van der Waals surface area contributed by atoms with Gasteiger partial charge in [0.25, 0.3) is 0 Å². The molecule has 1 heterocycles. The number of nitrogens with zero attached hydrogens (tertiary/aromatic N) is 1. The van der Waals surface area contributed by atoms with Gasteiger partial charge in [-0.25, -0.2) is 4.98 Å². The van der Waals surface area contributed by atoms with E-state index in [1.165, 1.54) is 0 Å². The Morgan fingerprint density at radius 3 is 2.75 bits per heavy atom. The Hall–Kier alpha value is -0.870. The molecule has 0 aliphatic heterocycles. The molecule has 4 nitrogen and oxygen atoms in total. The molecule has 0 spiro atoms. The molecule has 0 saturated carbocycles. The van der Waals surface area contributed by atoms with Crippen molar-refractivity contribution in [1.82, 2.24) is 9.97 Å². The number of imidazole rings is 1. The Morgan fingerprint density at radius 2 is 2.33 bits per heavy atom. The molecule has 0 fully saturated rings. The number of H-pyrrole nitrogens is 1. The molecule has 1 aromatic rings. The Kier molecular flexibility index (Phi) is 2.83. The van der Waals surface area contributed by atoms with Crippen LogP contribution < -0.4 is 5.73 Å². The Morgan fingerprint density at radius 1 is 1.67 bits per heavy atom. The highest BCUT2D eigenvalue weighted by Crippen LogP contribution is 2.10. The van der Waals surface area contributed by atoms with Crippen molar-refractivity contribution in [3.8, 4) is 0 Å². The summed E-state index contributed by atoms with van der Waals surface area (Å²) in [6.45, 7) is 3.92.